The van der Waals surface area contributed by atoms with Crippen molar-refractivity contribution in [2.45, 2.75) is 32.7 Å². The Labute approximate surface area is 164 Å². The maximum atomic E-state index is 4.44. The van der Waals surface area contributed by atoms with Gasteiger partial charge < -0.3 is 19.7 Å². The smallest absolute Gasteiger partial charge is 0.193 e. The van der Waals surface area contributed by atoms with Crippen LogP contribution in [0.2, 0.25) is 0 Å². The standard InChI is InChI=1S/C18H33N5.HI/c1-5-10-23-12-8-16(9-13-23)14-20-18(19-2)22(4)15-17-7-6-11-21(17)3;/h6-7,11,16H,5,8-10,12-15H2,1-4H3,(H,19,20);1H. The molecule has 1 aliphatic rings. The highest BCUT2D eigenvalue weighted by Gasteiger charge is 2.19. The molecule has 0 unspecified atom stereocenters. The summed E-state index contributed by atoms with van der Waals surface area (Å²) in [5.41, 5.74) is 1.29. The van der Waals surface area contributed by atoms with Gasteiger partial charge in [-0.05, 0) is 56.9 Å². The number of aliphatic imine (C=N–C) groups is 1. The molecule has 0 amide bonds. The lowest BCUT2D eigenvalue weighted by Crippen LogP contribution is -2.43. The van der Waals surface area contributed by atoms with Gasteiger partial charge in [-0.25, -0.2) is 0 Å². The summed E-state index contributed by atoms with van der Waals surface area (Å²) in [6.45, 7) is 7.92. The Morgan fingerprint density at radius 3 is 2.62 bits per heavy atom. The molecule has 2 rings (SSSR count). The molecule has 1 aromatic rings. The first-order valence-electron chi connectivity index (χ1n) is 8.88. The van der Waals surface area contributed by atoms with Crippen LogP contribution in [0.4, 0.5) is 0 Å². The molecular formula is C18H34IN5. The largest absolute Gasteiger partial charge is 0.356 e. The Morgan fingerprint density at radius 2 is 2.08 bits per heavy atom. The number of rotatable bonds is 6. The molecule has 1 saturated heterocycles. The van der Waals surface area contributed by atoms with Crippen molar-refractivity contribution in [3.63, 3.8) is 0 Å². The van der Waals surface area contributed by atoms with E-state index in [1.54, 1.807) is 0 Å². The fourth-order valence-corrected chi connectivity index (χ4v) is 3.33. The quantitative estimate of drug-likeness (QED) is 0.414. The first kappa shape index (κ1) is 21.3. The van der Waals surface area contributed by atoms with Crippen molar-refractivity contribution >= 4 is 29.9 Å². The Balaban J connectivity index is 0.00000288. The van der Waals surface area contributed by atoms with E-state index in [2.05, 4.69) is 64.0 Å². The van der Waals surface area contributed by atoms with Gasteiger partial charge in [0.15, 0.2) is 5.96 Å². The topological polar surface area (TPSA) is 35.8 Å². The third kappa shape index (κ3) is 6.27. The molecule has 1 fully saturated rings. The first-order chi connectivity index (χ1) is 11.1. The Bertz CT molecular complexity index is 491. The molecule has 0 aliphatic carbocycles. The van der Waals surface area contributed by atoms with Crippen LogP contribution in [0.5, 0.6) is 0 Å². The normalized spacial score (nSPS) is 16.8. The summed E-state index contributed by atoms with van der Waals surface area (Å²) in [5, 5.41) is 3.57. The summed E-state index contributed by atoms with van der Waals surface area (Å²) >= 11 is 0. The highest BCUT2D eigenvalue weighted by atomic mass is 127. The lowest BCUT2D eigenvalue weighted by molar-refractivity contribution is 0.185. The van der Waals surface area contributed by atoms with E-state index in [4.69, 9.17) is 0 Å². The highest BCUT2D eigenvalue weighted by molar-refractivity contribution is 14.0. The molecule has 0 radical (unpaired) electrons. The molecule has 0 atom stereocenters. The van der Waals surface area contributed by atoms with Gasteiger partial charge in [0, 0.05) is 39.6 Å². The number of aryl methyl sites for hydroxylation is 1. The molecule has 6 heteroatoms. The molecule has 1 aliphatic heterocycles. The Kier molecular flexibility index (Phi) is 9.73. The number of nitrogens with one attached hydrogen (secondary N) is 1. The summed E-state index contributed by atoms with van der Waals surface area (Å²) in [4.78, 5) is 9.22. The van der Waals surface area contributed by atoms with Crippen LogP contribution in [0, 0.1) is 5.92 Å². The molecule has 138 valence electrons. The second-order valence-corrected chi connectivity index (χ2v) is 6.68. The number of hydrogen-bond donors (Lipinski definition) is 1. The molecule has 2 heterocycles. The number of hydrogen-bond acceptors (Lipinski definition) is 2. The number of guanidine groups is 1. The minimum Gasteiger partial charge on any atom is -0.356 e. The molecule has 0 spiro atoms. The van der Waals surface area contributed by atoms with Gasteiger partial charge in [-0.2, -0.15) is 0 Å². The van der Waals surface area contributed by atoms with E-state index in [0.717, 1.165) is 25.0 Å². The Morgan fingerprint density at radius 1 is 1.38 bits per heavy atom. The van der Waals surface area contributed by atoms with Gasteiger partial charge in [0.05, 0.1) is 6.54 Å². The maximum absolute atomic E-state index is 4.44. The van der Waals surface area contributed by atoms with Gasteiger partial charge in [-0.1, -0.05) is 6.92 Å². The number of nitrogens with zero attached hydrogens (tertiary/aromatic N) is 4. The predicted octanol–water partition coefficient (Wildman–Crippen LogP) is 2.77. The molecule has 24 heavy (non-hydrogen) atoms. The van der Waals surface area contributed by atoms with E-state index in [9.17, 15) is 0 Å². The van der Waals surface area contributed by atoms with E-state index < -0.39 is 0 Å². The van der Waals surface area contributed by atoms with Gasteiger partial charge in [-0.15, -0.1) is 24.0 Å². The molecule has 0 aromatic carbocycles. The van der Waals surface area contributed by atoms with Crippen LogP contribution in [-0.2, 0) is 13.6 Å². The molecular weight excluding hydrogens is 413 g/mol. The molecule has 0 saturated carbocycles. The van der Waals surface area contributed by atoms with Crippen molar-refractivity contribution in [2.24, 2.45) is 18.0 Å². The van der Waals surface area contributed by atoms with Crippen LogP contribution in [-0.4, -0.2) is 60.6 Å². The molecule has 1 N–H and O–H groups in total. The van der Waals surface area contributed by atoms with Crippen molar-refractivity contribution < 1.29 is 0 Å². The van der Waals surface area contributed by atoms with Crippen molar-refractivity contribution in [2.75, 3.05) is 40.3 Å². The molecule has 0 bridgehead atoms. The summed E-state index contributed by atoms with van der Waals surface area (Å²) in [7, 11) is 6.06. The summed E-state index contributed by atoms with van der Waals surface area (Å²) in [5.74, 6) is 1.76. The monoisotopic (exact) mass is 447 g/mol. The van der Waals surface area contributed by atoms with Gasteiger partial charge >= 0.3 is 0 Å². The van der Waals surface area contributed by atoms with Crippen molar-refractivity contribution in [1.29, 1.82) is 0 Å². The van der Waals surface area contributed by atoms with Crippen LogP contribution < -0.4 is 5.32 Å². The number of likely N-dealkylation sites (tertiary alicyclic amines) is 1. The molecule has 1 aromatic heterocycles. The van der Waals surface area contributed by atoms with Crippen molar-refractivity contribution in [1.82, 2.24) is 19.7 Å². The first-order valence-corrected chi connectivity index (χ1v) is 8.88. The van der Waals surface area contributed by atoms with Gasteiger partial charge in [0.2, 0.25) is 0 Å². The van der Waals surface area contributed by atoms with E-state index in [0.29, 0.717) is 0 Å². The minimum absolute atomic E-state index is 0. The highest BCUT2D eigenvalue weighted by Crippen LogP contribution is 2.16. The maximum Gasteiger partial charge on any atom is 0.193 e. The van der Waals surface area contributed by atoms with Crippen molar-refractivity contribution in [3.05, 3.63) is 24.0 Å². The zero-order valence-electron chi connectivity index (χ0n) is 15.7. The minimum atomic E-state index is 0. The van der Waals surface area contributed by atoms with E-state index in [1.807, 2.05) is 7.05 Å². The van der Waals surface area contributed by atoms with Gasteiger partial charge in [0.1, 0.15) is 0 Å². The third-order valence-corrected chi connectivity index (χ3v) is 4.82. The van der Waals surface area contributed by atoms with Crippen molar-refractivity contribution in [3.8, 4) is 0 Å². The zero-order valence-corrected chi connectivity index (χ0v) is 18.0. The SMILES string of the molecule is CCCN1CCC(CNC(=NC)N(C)Cc2cccn2C)CC1.I. The van der Waals surface area contributed by atoms with Gasteiger partial charge in [-0.3, -0.25) is 4.99 Å². The summed E-state index contributed by atoms with van der Waals surface area (Å²) < 4.78 is 2.16. The lowest BCUT2D eigenvalue weighted by atomic mass is 9.97. The second-order valence-electron chi connectivity index (χ2n) is 6.68. The van der Waals surface area contributed by atoms with E-state index in [-0.39, 0.29) is 24.0 Å². The van der Waals surface area contributed by atoms with Crippen LogP contribution in [0.1, 0.15) is 31.9 Å². The lowest BCUT2D eigenvalue weighted by Gasteiger charge is -2.32. The summed E-state index contributed by atoms with van der Waals surface area (Å²) in [6, 6.07) is 4.25. The van der Waals surface area contributed by atoms with Crippen LogP contribution in [0.3, 0.4) is 0 Å². The number of piperidine rings is 1. The average molecular weight is 447 g/mol. The van der Waals surface area contributed by atoms with Crippen LogP contribution in [0.25, 0.3) is 0 Å². The van der Waals surface area contributed by atoms with Crippen LogP contribution in [0.15, 0.2) is 23.3 Å². The average Bonchev–Trinajstić information content (AvgIpc) is 2.95. The van der Waals surface area contributed by atoms with Crippen LogP contribution >= 0.6 is 24.0 Å². The van der Waals surface area contributed by atoms with Gasteiger partial charge in [0.25, 0.3) is 0 Å². The number of halogens is 1. The Hall–Kier alpha value is -0.760. The fraction of sp³-hybridized carbons (Fsp3) is 0.722. The molecule has 5 nitrogen and oxygen atoms in total. The second kappa shape index (κ2) is 11.0. The summed E-state index contributed by atoms with van der Waals surface area (Å²) in [6.07, 6.45) is 5.94. The number of aromatic nitrogens is 1. The van der Waals surface area contributed by atoms with E-state index >= 15 is 0 Å². The predicted molar refractivity (Wildman–Crippen MR) is 113 cm³/mol. The third-order valence-electron chi connectivity index (χ3n) is 4.82. The van der Waals surface area contributed by atoms with E-state index in [1.165, 1.54) is 44.6 Å². The fourth-order valence-electron chi connectivity index (χ4n) is 3.33. The zero-order chi connectivity index (χ0) is 16.7.